The number of nitrogens with zero attached hydrogens (tertiary/aromatic N) is 1. The van der Waals surface area contributed by atoms with Crippen molar-refractivity contribution in [1.82, 2.24) is 4.98 Å². The number of benzene rings is 2. The van der Waals surface area contributed by atoms with E-state index < -0.39 is 0 Å². The van der Waals surface area contributed by atoms with Crippen LogP contribution >= 0.6 is 0 Å². The Labute approximate surface area is 128 Å². The largest absolute Gasteiger partial charge is 0.494 e. The van der Waals surface area contributed by atoms with Crippen LogP contribution < -0.4 is 0 Å². The minimum Gasteiger partial charge on any atom is -0.494 e. The number of fused-ring (bicyclic) bond motifs is 1. The molecule has 0 atom stereocenters. The number of aryl methyl sites for hydroxylation is 1. The van der Waals surface area contributed by atoms with Crippen molar-refractivity contribution in [1.29, 1.82) is 0 Å². The third-order valence-corrected chi connectivity index (χ3v) is 3.59. The smallest absolute Gasteiger partial charge is 0.198 e. The SMILES string of the molecule is CC(=O)c1ccc(N=Cc2c(O)[nH]c3cc(C)ccc23)cc1. The van der Waals surface area contributed by atoms with Crippen LogP contribution in [-0.2, 0) is 0 Å². The first kappa shape index (κ1) is 14.1. The molecule has 0 saturated carbocycles. The minimum atomic E-state index is 0.0279. The van der Waals surface area contributed by atoms with E-state index in [2.05, 4.69) is 9.98 Å². The van der Waals surface area contributed by atoms with Crippen LogP contribution in [0.3, 0.4) is 0 Å². The van der Waals surface area contributed by atoms with Gasteiger partial charge in [-0.3, -0.25) is 9.79 Å². The van der Waals surface area contributed by atoms with Crippen LogP contribution in [0.4, 0.5) is 5.69 Å². The Bertz CT molecular complexity index is 874. The van der Waals surface area contributed by atoms with Gasteiger partial charge in [0.05, 0.1) is 11.3 Å². The summed E-state index contributed by atoms with van der Waals surface area (Å²) in [6, 6.07) is 13.0. The van der Waals surface area contributed by atoms with E-state index in [0.717, 1.165) is 22.2 Å². The van der Waals surface area contributed by atoms with Crippen LogP contribution in [-0.4, -0.2) is 22.1 Å². The van der Waals surface area contributed by atoms with E-state index in [1.54, 1.807) is 30.5 Å². The first-order chi connectivity index (χ1) is 10.5. The summed E-state index contributed by atoms with van der Waals surface area (Å²) >= 11 is 0. The van der Waals surface area contributed by atoms with E-state index in [4.69, 9.17) is 0 Å². The number of rotatable bonds is 3. The van der Waals surface area contributed by atoms with Gasteiger partial charge in [0.2, 0.25) is 0 Å². The molecule has 4 heteroatoms. The number of Topliss-reactive ketones (excluding diaryl/α,β-unsaturated/α-hetero) is 1. The summed E-state index contributed by atoms with van der Waals surface area (Å²) in [5, 5.41) is 11.0. The maximum atomic E-state index is 11.2. The van der Waals surface area contributed by atoms with Gasteiger partial charge in [0, 0.05) is 22.7 Å². The number of aromatic nitrogens is 1. The van der Waals surface area contributed by atoms with Crippen LogP contribution in [0.5, 0.6) is 5.88 Å². The quantitative estimate of drug-likeness (QED) is 0.563. The van der Waals surface area contributed by atoms with Crippen molar-refractivity contribution in [2.45, 2.75) is 13.8 Å². The Balaban J connectivity index is 1.95. The van der Waals surface area contributed by atoms with Gasteiger partial charge < -0.3 is 10.1 Å². The Morgan fingerprint density at radius 1 is 1.18 bits per heavy atom. The Morgan fingerprint density at radius 3 is 2.59 bits per heavy atom. The zero-order chi connectivity index (χ0) is 15.7. The van der Waals surface area contributed by atoms with E-state index in [-0.39, 0.29) is 11.7 Å². The summed E-state index contributed by atoms with van der Waals surface area (Å²) in [5.74, 6) is 0.130. The summed E-state index contributed by atoms with van der Waals surface area (Å²) < 4.78 is 0. The molecule has 2 N–H and O–H groups in total. The number of nitrogens with one attached hydrogen (secondary N) is 1. The van der Waals surface area contributed by atoms with Gasteiger partial charge >= 0.3 is 0 Å². The number of aliphatic imine (C=N–C) groups is 1. The van der Waals surface area contributed by atoms with Crippen molar-refractivity contribution in [3.63, 3.8) is 0 Å². The summed E-state index contributed by atoms with van der Waals surface area (Å²) in [5.41, 5.74) is 4.05. The van der Waals surface area contributed by atoms with Crippen molar-refractivity contribution in [2.24, 2.45) is 4.99 Å². The maximum absolute atomic E-state index is 11.2. The molecule has 110 valence electrons. The lowest BCUT2D eigenvalue weighted by Crippen LogP contribution is -1.89. The molecule has 0 spiro atoms. The van der Waals surface area contributed by atoms with Crippen molar-refractivity contribution in [2.75, 3.05) is 0 Å². The third kappa shape index (κ3) is 2.63. The molecule has 0 fully saturated rings. The van der Waals surface area contributed by atoms with Crippen LogP contribution in [0.25, 0.3) is 10.9 Å². The van der Waals surface area contributed by atoms with Crippen LogP contribution in [0.2, 0.25) is 0 Å². The molecule has 0 bridgehead atoms. The van der Waals surface area contributed by atoms with Gasteiger partial charge in [-0.05, 0) is 49.7 Å². The average molecular weight is 292 g/mol. The minimum absolute atomic E-state index is 0.0279. The lowest BCUT2D eigenvalue weighted by molar-refractivity contribution is 0.101. The maximum Gasteiger partial charge on any atom is 0.198 e. The summed E-state index contributed by atoms with van der Waals surface area (Å²) in [4.78, 5) is 18.6. The van der Waals surface area contributed by atoms with Gasteiger partial charge in [0.1, 0.15) is 0 Å². The van der Waals surface area contributed by atoms with Gasteiger partial charge in [-0.25, -0.2) is 0 Å². The fourth-order valence-electron chi connectivity index (χ4n) is 2.37. The van der Waals surface area contributed by atoms with Crippen molar-refractivity contribution in [3.8, 4) is 5.88 Å². The molecule has 0 radical (unpaired) electrons. The first-order valence-electron chi connectivity index (χ1n) is 7.01. The van der Waals surface area contributed by atoms with Crippen LogP contribution in [0.1, 0.15) is 28.4 Å². The molecule has 4 nitrogen and oxygen atoms in total. The summed E-state index contributed by atoms with van der Waals surface area (Å²) in [6.45, 7) is 3.53. The van der Waals surface area contributed by atoms with Gasteiger partial charge in [-0.2, -0.15) is 0 Å². The highest BCUT2D eigenvalue weighted by Gasteiger charge is 2.08. The number of H-pyrrole nitrogens is 1. The number of carbonyl (C=O) groups is 1. The molecule has 2 aromatic carbocycles. The van der Waals surface area contributed by atoms with Gasteiger partial charge in [-0.15, -0.1) is 0 Å². The molecule has 0 saturated heterocycles. The molecule has 22 heavy (non-hydrogen) atoms. The molecule has 1 heterocycles. The predicted molar refractivity (Wildman–Crippen MR) is 88.4 cm³/mol. The van der Waals surface area contributed by atoms with E-state index in [0.29, 0.717) is 11.1 Å². The van der Waals surface area contributed by atoms with E-state index in [1.165, 1.54) is 6.92 Å². The first-order valence-corrected chi connectivity index (χ1v) is 7.01. The highest BCUT2D eigenvalue weighted by molar-refractivity contribution is 6.02. The molecule has 0 aliphatic rings. The molecule has 0 aliphatic heterocycles. The monoisotopic (exact) mass is 292 g/mol. The van der Waals surface area contributed by atoms with Gasteiger partial charge in [0.15, 0.2) is 11.7 Å². The Morgan fingerprint density at radius 2 is 1.91 bits per heavy atom. The normalized spacial score (nSPS) is 11.4. The number of hydrogen-bond acceptors (Lipinski definition) is 3. The lowest BCUT2D eigenvalue weighted by Gasteiger charge is -1.97. The highest BCUT2D eigenvalue weighted by atomic mass is 16.3. The molecule has 3 aromatic rings. The van der Waals surface area contributed by atoms with Crippen molar-refractivity contribution < 1.29 is 9.90 Å². The van der Waals surface area contributed by atoms with E-state index in [1.807, 2.05) is 25.1 Å². The van der Waals surface area contributed by atoms with Gasteiger partial charge in [-0.1, -0.05) is 12.1 Å². The summed E-state index contributed by atoms with van der Waals surface area (Å²) in [6.07, 6.45) is 1.63. The fraction of sp³-hybridized carbons (Fsp3) is 0.111. The average Bonchev–Trinajstić information content (AvgIpc) is 2.80. The van der Waals surface area contributed by atoms with Crippen LogP contribution in [0.15, 0.2) is 47.5 Å². The predicted octanol–water partition coefficient (Wildman–Crippen LogP) is 4.14. The van der Waals surface area contributed by atoms with Crippen molar-refractivity contribution >= 4 is 28.6 Å². The Kier molecular flexibility index (Phi) is 3.51. The zero-order valence-corrected chi connectivity index (χ0v) is 12.4. The van der Waals surface area contributed by atoms with Crippen molar-refractivity contribution in [3.05, 3.63) is 59.2 Å². The molecule has 1 aromatic heterocycles. The molecule has 3 rings (SSSR count). The number of hydrogen-bond donors (Lipinski definition) is 2. The number of aromatic hydroxyl groups is 1. The van der Waals surface area contributed by atoms with Gasteiger partial charge in [0.25, 0.3) is 0 Å². The number of ketones is 1. The second kappa shape index (κ2) is 5.48. The number of carbonyl (C=O) groups excluding carboxylic acids is 1. The zero-order valence-electron chi connectivity index (χ0n) is 12.4. The van der Waals surface area contributed by atoms with E-state index in [9.17, 15) is 9.90 Å². The third-order valence-electron chi connectivity index (χ3n) is 3.59. The second-order valence-electron chi connectivity index (χ2n) is 5.30. The standard InChI is InChI=1S/C18H16N2O2/c1-11-3-8-15-16(18(22)20-17(15)9-11)10-19-14-6-4-13(5-7-14)12(2)21/h3-10,20,22H,1-2H3. The fourth-order valence-corrected chi connectivity index (χ4v) is 2.37. The Hall–Kier alpha value is -2.88. The van der Waals surface area contributed by atoms with E-state index >= 15 is 0 Å². The molecular formula is C18H16N2O2. The highest BCUT2D eigenvalue weighted by Crippen LogP contribution is 2.27. The number of aromatic amines is 1. The molecule has 0 unspecified atom stereocenters. The summed E-state index contributed by atoms with van der Waals surface area (Å²) in [7, 11) is 0. The lowest BCUT2D eigenvalue weighted by atomic mass is 10.1. The molecular weight excluding hydrogens is 276 g/mol. The second-order valence-corrected chi connectivity index (χ2v) is 5.30. The molecule has 0 amide bonds. The molecule has 0 aliphatic carbocycles. The topological polar surface area (TPSA) is 65.4 Å². The van der Waals surface area contributed by atoms with Crippen LogP contribution in [0, 0.1) is 6.92 Å².